The zero-order valence-electron chi connectivity index (χ0n) is 26.7. The molecule has 0 heterocycles. The van der Waals surface area contributed by atoms with Crippen LogP contribution in [0.5, 0.6) is 0 Å². The van der Waals surface area contributed by atoms with Crippen molar-refractivity contribution in [3.05, 3.63) is 131 Å². The molecule has 236 valence electrons. The summed E-state index contributed by atoms with van der Waals surface area (Å²) in [6, 6.07) is 30.0. The number of aryl methyl sites for hydroxylation is 3. The van der Waals surface area contributed by atoms with Crippen LogP contribution in [-0.2, 0) is 32.6 Å². The van der Waals surface area contributed by atoms with Gasteiger partial charge in [0.1, 0.15) is 12.6 Å². The Morgan fingerprint density at radius 1 is 0.756 bits per heavy atom. The summed E-state index contributed by atoms with van der Waals surface area (Å²) in [5, 5.41) is 3.07. The molecule has 0 spiro atoms. The lowest BCUT2D eigenvalue weighted by atomic mass is 10.0. The zero-order chi connectivity index (χ0) is 32.6. The van der Waals surface area contributed by atoms with E-state index in [1.807, 2.05) is 95.3 Å². The molecule has 7 nitrogen and oxygen atoms in total. The van der Waals surface area contributed by atoms with E-state index in [0.717, 1.165) is 34.2 Å². The first-order valence-electron chi connectivity index (χ1n) is 15.3. The Hall–Kier alpha value is -4.43. The summed E-state index contributed by atoms with van der Waals surface area (Å²) in [5.74, 6) is -0.757. The number of nitrogens with one attached hydrogen (secondary N) is 1. The van der Waals surface area contributed by atoms with Crippen LogP contribution in [0.25, 0.3) is 0 Å². The monoisotopic (exact) mass is 625 g/mol. The SMILES string of the molecule is CC[C@@H](C)NC(=O)[C@H](Cc1ccccc1)N(Cc1ccc(C)cc1)C(=O)CN(c1cc(C)cc(C)c1)S(=O)(=O)c1ccccc1. The summed E-state index contributed by atoms with van der Waals surface area (Å²) >= 11 is 0. The smallest absolute Gasteiger partial charge is 0.264 e. The summed E-state index contributed by atoms with van der Waals surface area (Å²) < 4.78 is 29.5. The van der Waals surface area contributed by atoms with E-state index in [1.165, 1.54) is 21.3 Å². The predicted molar refractivity (Wildman–Crippen MR) is 180 cm³/mol. The highest BCUT2D eigenvalue weighted by molar-refractivity contribution is 7.92. The molecule has 0 saturated carbocycles. The fourth-order valence-corrected chi connectivity index (χ4v) is 6.65. The number of hydrogen-bond acceptors (Lipinski definition) is 4. The lowest BCUT2D eigenvalue weighted by molar-refractivity contribution is -0.140. The number of rotatable bonds is 13. The molecule has 0 fully saturated rings. The summed E-state index contributed by atoms with van der Waals surface area (Å²) in [4.78, 5) is 30.1. The van der Waals surface area contributed by atoms with Gasteiger partial charge in [-0.05, 0) is 80.6 Å². The van der Waals surface area contributed by atoms with E-state index in [9.17, 15) is 18.0 Å². The molecule has 0 saturated heterocycles. The van der Waals surface area contributed by atoms with E-state index in [4.69, 9.17) is 0 Å². The van der Waals surface area contributed by atoms with Gasteiger partial charge in [-0.3, -0.25) is 13.9 Å². The normalized spacial score (nSPS) is 12.6. The summed E-state index contributed by atoms with van der Waals surface area (Å²) in [6.45, 7) is 9.35. The van der Waals surface area contributed by atoms with Crippen LogP contribution in [0.3, 0.4) is 0 Å². The highest BCUT2D eigenvalue weighted by Crippen LogP contribution is 2.27. The van der Waals surface area contributed by atoms with Gasteiger partial charge in [0.25, 0.3) is 10.0 Å². The third kappa shape index (κ3) is 8.82. The number of nitrogens with zero attached hydrogens (tertiary/aromatic N) is 2. The number of amides is 2. The lowest BCUT2D eigenvalue weighted by Gasteiger charge is -2.34. The van der Waals surface area contributed by atoms with Crippen LogP contribution in [-0.4, -0.2) is 43.8 Å². The van der Waals surface area contributed by atoms with E-state index >= 15 is 0 Å². The van der Waals surface area contributed by atoms with E-state index in [2.05, 4.69) is 5.32 Å². The highest BCUT2D eigenvalue weighted by Gasteiger charge is 2.35. The molecule has 0 aromatic heterocycles. The van der Waals surface area contributed by atoms with Crippen molar-refractivity contribution in [2.45, 2.75) is 71.0 Å². The second kappa shape index (κ2) is 15.0. The maximum absolute atomic E-state index is 14.6. The number of benzene rings is 4. The van der Waals surface area contributed by atoms with Gasteiger partial charge in [0.05, 0.1) is 10.6 Å². The Morgan fingerprint density at radius 3 is 1.91 bits per heavy atom. The Morgan fingerprint density at radius 2 is 1.33 bits per heavy atom. The van der Waals surface area contributed by atoms with E-state index in [0.29, 0.717) is 5.69 Å². The van der Waals surface area contributed by atoms with Crippen molar-refractivity contribution in [3.8, 4) is 0 Å². The number of hydrogen-bond donors (Lipinski definition) is 1. The molecule has 0 aliphatic rings. The van der Waals surface area contributed by atoms with Gasteiger partial charge in [0.2, 0.25) is 11.8 Å². The molecule has 0 aliphatic carbocycles. The number of sulfonamides is 1. The molecule has 0 aliphatic heterocycles. The van der Waals surface area contributed by atoms with E-state index < -0.39 is 28.5 Å². The zero-order valence-corrected chi connectivity index (χ0v) is 27.6. The van der Waals surface area contributed by atoms with Gasteiger partial charge < -0.3 is 10.2 Å². The lowest BCUT2D eigenvalue weighted by Crippen LogP contribution is -2.54. The fourth-order valence-electron chi connectivity index (χ4n) is 5.23. The molecular weight excluding hydrogens is 582 g/mol. The molecule has 0 radical (unpaired) electrons. The molecule has 2 atom stereocenters. The maximum Gasteiger partial charge on any atom is 0.264 e. The Bertz CT molecular complexity index is 1670. The number of carbonyl (C=O) groups excluding carboxylic acids is 2. The van der Waals surface area contributed by atoms with Crippen molar-refractivity contribution in [1.29, 1.82) is 0 Å². The minimum absolute atomic E-state index is 0.0809. The van der Waals surface area contributed by atoms with Gasteiger partial charge in [-0.25, -0.2) is 8.42 Å². The number of carbonyl (C=O) groups is 2. The minimum Gasteiger partial charge on any atom is -0.352 e. The van der Waals surface area contributed by atoms with E-state index in [-0.39, 0.29) is 29.8 Å². The molecule has 4 rings (SSSR count). The predicted octanol–water partition coefficient (Wildman–Crippen LogP) is 6.36. The Labute approximate surface area is 268 Å². The minimum atomic E-state index is -4.14. The van der Waals surface area contributed by atoms with Gasteiger partial charge in [0.15, 0.2) is 0 Å². The molecule has 2 amide bonds. The first-order chi connectivity index (χ1) is 21.5. The standard InChI is InChI=1S/C37H43N3O4S/c1-6-30(5)38-37(42)35(24-31-13-9-7-10-14-31)39(25-32-19-17-27(2)18-20-32)36(41)26-40(33-22-28(3)21-29(4)23-33)45(43,44)34-15-11-8-12-16-34/h7-23,30,35H,6,24-26H2,1-5H3,(H,38,42)/t30-,35+/m1/s1. The summed E-state index contributed by atoms with van der Waals surface area (Å²) in [6.07, 6.45) is 1.00. The first-order valence-corrected chi connectivity index (χ1v) is 16.8. The van der Waals surface area contributed by atoms with Crippen LogP contribution in [0.1, 0.15) is 48.1 Å². The summed E-state index contributed by atoms with van der Waals surface area (Å²) in [5.41, 5.74) is 4.94. The van der Waals surface area contributed by atoms with Gasteiger partial charge >= 0.3 is 0 Å². The van der Waals surface area contributed by atoms with Gasteiger partial charge in [-0.2, -0.15) is 0 Å². The van der Waals surface area contributed by atoms with Crippen molar-refractivity contribution >= 4 is 27.5 Å². The van der Waals surface area contributed by atoms with Crippen molar-refractivity contribution in [2.75, 3.05) is 10.8 Å². The van der Waals surface area contributed by atoms with Crippen LogP contribution >= 0.6 is 0 Å². The van der Waals surface area contributed by atoms with Crippen LogP contribution in [0.15, 0.2) is 108 Å². The molecule has 45 heavy (non-hydrogen) atoms. The molecule has 0 unspecified atom stereocenters. The Kier molecular flexibility index (Phi) is 11.2. The maximum atomic E-state index is 14.6. The third-order valence-corrected chi connectivity index (χ3v) is 9.64. The van der Waals surface area contributed by atoms with Crippen LogP contribution in [0.2, 0.25) is 0 Å². The van der Waals surface area contributed by atoms with Gasteiger partial charge in [0, 0.05) is 19.0 Å². The van der Waals surface area contributed by atoms with E-state index in [1.54, 1.807) is 30.3 Å². The highest BCUT2D eigenvalue weighted by atomic mass is 32.2. The van der Waals surface area contributed by atoms with Crippen molar-refractivity contribution in [3.63, 3.8) is 0 Å². The molecule has 8 heteroatoms. The average Bonchev–Trinajstić information content (AvgIpc) is 3.02. The quantitative estimate of drug-likeness (QED) is 0.187. The van der Waals surface area contributed by atoms with Gasteiger partial charge in [-0.15, -0.1) is 0 Å². The molecular formula is C37H43N3O4S. The third-order valence-electron chi connectivity index (χ3n) is 7.85. The topological polar surface area (TPSA) is 86.8 Å². The second-order valence-corrected chi connectivity index (χ2v) is 13.6. The molecule has 4 aromatic carbocycles. The van der Waals surface area contributed by atoms with Crippen LogP contribution in [0, 0.1) is 20.8 Å². The Balaban J connectivity index is 1.82. The number of anilines is 1. The van der Waals surface area contributed by atoms with Crippen molar-refractivity contribution in [1.82, 2.24) is 10.2 Å². The molecule has 0 bridgehead atoms. The van der Waals surface area contributed by atoms with Crippen molar-refractivity contribution in [2.24, 2.45) is 0 Å². The summed E-state index contributed by atoms with van der Waals surface area (Å²) in [7, 11) is -4.14. The first kappa shape index (κ1) is 33.5. The molecule has 4 aromatic rings. The largest absolute Gasteiger partial charge is 0.352 e. The van der Waals surface area contributed by atoms with Crippen LogP contribution in [0.4, 0.5) is 5.69 Å². The second-order valence-electron chi connectivity index (χ2n) is 11.7. The van der Waals surface area contributed by atoms with Crippen molar-refractivity contribution < 1.29 is 18.0 Å². The average molecular weight is 626 g/mol. The van der Waals surface area contributed by atoms with Crippen LogP contribution < -0.4 is 9.62 Å². The molecule has 1 N–H and O–H groups in total. The van der Waals surface area contributed by atoms with Gasteiger partial charge in [-0.1, -0.05) is 91.3 Å². The fraction of sp³-hybridized carbons (Fsp3) is 0.297.